The summed E-state index contributed by atoms with van der Waals surface area (Å²) in [5.41, 5.74) is -0.227. The highest BCUT2D eigenvalue weighted by atomic mass is 16.5. The van der Waals surface area contributed by atoms with Gasteiger partial charge in [-0.2, -0.15) is 0 Å². The van der Waals surface area contributed by atoms with Crippen LogP contribution in [0, 0.1) is 0 Å². The third kappa shape index (κ3) is 3.11. The summed E-state index contributed by atoms with van der Waals surface area (Å²) in [6.07, 6.45) is -1.01. The van der Waals surface area contributed by atoms with Crippen molar-refractivity contribution in [3.63, 3.8) is 0 Å². The highest BCUT2D eigenvalue weighted by molar-refractivity contribution is 5.90. The fraction of sp³-hybridized carbons (Fsp3) is 0.300. The van der Waals surface area contributed by atoms with E-state index in [-0.39, 0.29) is 17.9 Å². The van der Waals surface area contributed by atoms with E-state index in [9.17, 15) is 9.90 Å². The Bertz CT molecular complexity index is 376. The second kappa shape index (κ2) is 5.34. The Kier molecular flexibility index (Phi) is 4.10. The largest absolute Gasteiger partial charge is 0.507 e. The number of hydrogen-bond acceptors (Lipinski definition) is 5. The summed E-state index contributed by atoms with van der Waals surface area (Å²) in [6, 6.07) is 3.68. The van der Waals surface area contributed by atoms with Crippen LogP contribution in [-0.4, -0.2) is 45.7 Å². The van der Waals surface area contributed by atoms with Crippen molar-refractivity contribution in [3.05, 3.63) is 23.8 Å². The van der Waals surface area contributed by atoms with Gasteiger partial charge in [0.2, 0.25) is 0 Å². The molecule has 1 unspecified atom stereocenters. The first kappa shape index (κ1) is 12.3. The van der Waals surface area contributed by atoms with Crippen LogP contribution in [0.25, 0.3) is 0 Å². The Morgan fingerprint density at radius 3 is 2.62 bits per heavy atom. The van der Waals surface area contributed by atoms with Gasteiger partial charge in [0.1, 0.15) is 29.8 Å². The normalized spacial score (nSPS) is 12.1. The predicted molar refractivity (Wildman–Crippen MR) is 53.7 cm³/mol. The lowest BCUT2D eigenvalue weighted by molar-refractivity contribution is 0.0535. The van der Waals surface area contributed by atoms with Gasteiger partial charge in [0.15, 0.2) is 0 Å². The molecule has 0 saturated heterocycles. The van der Waals surface area contributed by atoms with E-state index in [0.29, 0.717) is 0 Å². The first-order valence-corrected chi connectivity index (χ1v) is 4.52. The fourth-order valence-electron chi connectivity index (χ4n) is 1.03. The summed E-state index contributed by atoms with van der Waals surface area (Å²) in [7, 11) is 0. The molecule has 0 aliphatic carbocycles. The third-order valence-electron chi connectivity index (χ3n) is 1.85. The zero-order chi connectivity index (χ0) is 12.1. The maximum absolute atomic E-state index is 10.6. The third-order valence-corrected chi connectivity index (χ3v) is 1.85. The van der Waals surface area contributed by atoms with Crippen molar-refractivity contribution in [2.45, 2.75) is 6.10 Å². The number of aliphatic hydroxyl groups excluding tert-OH is 2. The van der Waals surface area contributed by atoms with Crippen LogP contribution in [0.4, 0.5) is 0 Å². The van der Waals surface area contributed by atoms with Crippen LogP contribution in [0.15, 0.2) is 18.2 Å². The highest BCUT2D eigenvalue weighted by Crippen LogP contribution is 2.23. The number of ether oxygens (including phenoxy) is 1. The molecule has 0 aliphatic rings. The summed E-state index contributed by atoms with van der Waals surface area (Å²) >= 11 is 0. The zero-order valence-corrected chi connectivity index (χ0v) is 8.33. The minimum Gasteiger partial charge on any atom is -0.507 e. The van der Waals surface area contributed by atoms with Crippen LogP contribution < -0.4 is 4.74 Å². The van der Waals surface area contributed by atoms with E-state index in [1.807, 2.05) is 0 Å². The quantitative estimate of drug-likeness (QED) is 0.557. The lowest BCUT2D eigenvalue weighted by Crippen LogP contribution is -2.21. The summed E-state index contributed by atoms with van der Waals surface area (Å²) in [5.74, 6) is -1.43. The number of rotatable bonds is 5. The molecular weight excluding hydrogens is 216 g/mol. The van der Waals surface area contributed by atoms with E-state index in [0.717, 1.165) is 6.07 Å². The maximum Gasteiger partial charge on any atom is 0.339 e. The number of carboxylic acids is 1. The van der Waals surface area contributed by atoms with E-state index in [4.69, 9.17) is 20.1 Å². The molecule has 0 bridgehead atoms. The smallest absolute Gasteiger partial charge is 0.339 e. The molecular formula is C10H12O6. The monoisotopic (exact) mass is 228 g/mol. The molecule has 0 aliphatic heterocycles. The van der Waals surface area contributed by atoms with Gasteiger partial charge in [0.25, 0.3) is 0 Å². The molecule has 1 atom stereocenters. The highest BCUT2D eigenvalue weighted by Gasteiger charge is 2.10. The summed E-state index contributed by atoms with van der Waals surface area (Å²) in [4.78, 5) is 10.6. The number of aliphatic hydroxyl groups is 2. The molecule has 1 aromatic carbocycles. The molecule has 0 saturated carbocycles. The van der Waals surface area contributed by atoms with Gasteiger partial charge in [-0.05, 0) is 12.1 Å². The molecule has 4 N–H and O–H groups in total. The van der Waals surface area contributed by atoms with Gasteiger partial charge in [-0.15, -0.1) is 0 Å². The van der Waals surface area contributed by atoms with E-state index in [2.05, 4.69) is 0 Å². The molecule has 0 fully saturated rings. The lowest BCUT2D eigenvalue weighted by atomic mass is 10.2. The number of hydrogen-bond donors (Lipinski definition) is 4. The predicted octanol–water partition coefficient (Wildman–Crippen LogP) is -0.178. The Labute approximate surface area is 91.3 Å². The second-order valence-electron chi connectivity index (χ2n) is 3.13. The molecule has 0 heterocycles. The van der Waals surface area contributed by atoms with E-state index in [1.165, 1.54) is 12.1 Å². The first-order chi connectivity index (χ1) is 7.54. The Hall–Kier alpha value is -1.79. The standard InChI is InChI=1S/C10H12O6/c11-4-6(12)5-16-7-1-2-8(10(14)15)9(13)3-7/h1-3,6,11-13H,4-5H2,(H,14,15). The molecule has 6 heteroatoms. The molecule has 16 heavy (non-hydrogen) atoms. The van der Waals surface area contributed by atoms with Crippen molar-refractivity contribution in [2.75, 3.05) is 13.2 Å². The number of phenols is 1. The minimum absolute atomic E-state index is 0.137. The van der Waals surface area contributed by atoms with Crippen LogP contribution >= 0.6 is 0 Å². The Balaban J connectivity index is 2.70. The van der Waals surface area contributed by atoms with Gasteiger partial charge < -0.3 is 25.2 Å². The van der Waals surface area contributed by atoms with Crippen LogP contribution in [0.2, 0.25) is 0 Å². The molecule has 6 nitrogen and oxygen atoms in total. The van der Waals surface area contributed by atoms with E-state index >= 15 is 0 Å². The minimum atomic E-state index is -1.24. The van der Waals surface area contributed by atoms with Crippen molar-refractivity contribution in [1.29, 1.82) is 0 Å². The maximum atomic E-state index is 10.6. The van der Waals surface area contributed by atoms with Gasteiger partial charge in [0, 0.05) is 6.07 Å². The van der Waals surface area contributed by atoms with Gasteiger partial charge >= 0.3 is 5.97 Å². The molecule has 88 valence electrons. The number of aromatic hydroxyl groups is 1. The van der Waals surface area contributed by atoms with Gasteiger partial charge in [0.05, 0.1) is 6.61 Å². The second-order valence-corrected chi connectivity index (χ2v) is 3.13. The summed E-state index contributed by atoms with van der Waals surface area (Å²) in [6.45, 7) is -0.568. The Morgan fingerprint density at radius 2 is 2.12 bits per heavy atom. The molecule has 0 radical (unpaired) electrons. The van der Waals surface area contributed by atoms with Crippen molar-refractivity contribution >= 4 is 5.97 Å². The molecule has 0 aromatic heterocycles. The van der Waals surface area contributed by atoms with Gasteiger partial charge in [-0.25, -0.2) is 4.79 Å². The van der Waals surface area contributed by atoms with Crippen LogP contribution in [0.5, 0.6) is 11.5 Å². The SMILES string of the molecule is O=C(O)c1ccc(OCC(O)CO)cc1O. The average molecular weight is 228 g/mol. The van der Waals surface area contributed by atoms with Crippen molar-refractivity contribution in [2.24, 2.45) is 0 Å². The van der Waals surface area contributed by atoms with Gasteiger partial charge in [-0.3, -0.25) is 0 Å². The van der Waals surface area contributed by atoms with Crippen LogP contribution in [0.3, 0.4) is 0 Å². The fourth-order valence-corrected chi connectivity index (χ4v) is 1.03. The van der Waals surface area contributed by atoms with Crippen LogP contribution in [-0.2, 0) is 0 Å². The number of benzene rings is 1. The molecule has 1 rings (SSSR count). The van der Waals surface area contributed by atoms with Crippen LogP contribution in [0.1, 0.15) is 10.4 Å². The molecule has 0 spiro atoms. The first-order valence-electron chi connectivity index (χ1n) is 4.52. The Morgan fingerprint density at radius 1 is 1.44 bits per heavy atom. The van der Waals surface area contributed by atoms with Gasteiger partial charge in [-0.1, -0.05) is 0 Å². The van der Waals surface area contributed by atoms with Crippen molar-refractivity contribution < 1.29 is 30.0 Å². The number of carbonyl (C=O) groups is 1. The topological polar surface area (TPSA) is 107 Å². The number of aromatic carboxylic acids is 1. The molecule has 1 aromatic rings. The number of carboxylic acid groups (broad SMARTS) is 1. The summed E-state index contributed by atoms with van der Waals surface area (Å²) < 4.78 is 5.01. The van der Waals surface area contributed by atoms with Crippen molar-refractivity contribution in [3.8, 4) is 11.5 Å². The van der Waals surface area contributed by atoms with Crippen molar-refractivity contribution in [1.82, 2.24) is 0 Å². The summed E-state index contributed by atoms with van der Waals surface area (Å²) in [5, 5.41) is 35.5. The average Bonchev–Trinajstić information content (AvgIpc) is 2.25. The van der Waals surface area contributed by atoms with E-state index < -0.39 is 24.4 Å². The molecule has 0 amide bonds. The zero-order valence-electron chi connectivity index (χ0n) is 8.33. The van der Waals surface area contributed by atoms with E-state index in [1.54, 1.807) is 0 Å². The lowest BCUT2D eigenvalue weighted by Gasteiger charge is -2.10.